The van der Waals surface area contributed by atoms with Crippen LogP contribution in [0.5, 0.6) is 0 Å². The molecular formula is C18H29NO. The van der Waals surface area contributed by atoms with E-state index >= 15 is 0 Å². The van der Waals surface area contributed by atoms with Gasteiger partial charge in [-0.3, -0.25) is 4.79 Å². The van der Waals surface area contributed by atoms with E-state index in [0.717, 1.165) is 19.4 Å². The van der Waals surface area contributed by atoms with Crippen molar-refractivity contribution in [2.24, 2.45) is 11.8 Å². The first-order valence-corrected chi connectivity index (χ1v) is 7.86. The van der Waals surface area contributed by atoms with Crippen LogP contribution in [0.25, 0.3) is 0 Å². The Morgan fingerprint density at radius 3 is 2.15 bits per heavy atom. The smallest absolute Gasteiger partial charge is 0.225 e. The van der Waals surface area contributed by atoms with Crippen molar-refractivity contribution >= 4 is 5.91 Å². The molecule has 1 rings (SSSR count). The second-order valence-electron chi connectivity index (χ2n) is 5.90. The lowest BCUT2D eigenvalue weighted by Crippen LogP contribution is -2.39. The van der Waals surface area contributed by atoms with E-state index in [0.29, 0.717) is 5.92 Å². The summed E-state index contributed by atoms with van der Waals surface area (Å²) < 4.78 is 0. The average Bonchev–Trinajstić information content (AvgIpc) is 2.50. The third kappa shape index (κ3) is 4.36. The number of carbonyl (C=O) groups excluding carboxylic acids is 1. The Kier molecular flexibility index (Phi) is 6.77. The minimum Gasteiger partial charge on any atom is -0.335 e. The maximum Gasteiger partial charge on any atom is 0.225 e. The summed E-state index contributed by atoms with van der Waals surface area (Å²) >= 11 is 0. The second-order valence-corrected chi connectivity index (χ2v) is 5.90. The molecule has 1 aromatic carbocycles. The van der Waals surface area contributed by atoms with E-state index in [-0.39, 0.29) is 17.9 Å². The fourth-order valence-electron chi connectivity index (χ4n) is 2.27. The van der Waals surface area contributed by atoms with Gasteiger partial charge in [0.1, 0.15) is 0 Å². The van der Waals surface area contributed by atoms with Crippen LogP contribution in [0.1, 0.15) is 59.1 Å². The van der Waals surface area contributed by atoms with Crippen LogP contribution in [0.4, 0.5) is 0 Å². The van der Waals surface area contributed by atoms with Crippen LogP contribution in [0.3, 0.4) is 0 Å². The largest absolute Gasteiger partial charge is 0.335 e. The van der Waals surface area contributed by atoms with Gasteiger partial charge in [-0.25, -0.2) is 0 Å². The number of hydrogen-bond donors (Lipinski definition) is 0. The summed E-state index contributed by atoms with van der Waals surface area (Å²) in [6, 6.07) is 10.5. The Morgan fingerprint density at radius 1 is 1.05 bits per heavy atom. The molecule has 0 aliphatic carbocycles. The van der Waals surface area contributed by atoms with Crippen LogP contribution in [-0.4, -0.2) is 17.4 Å². The molecule has 0 N–H and O–H groups in total. The maximum absolute atomic E-state index is 12.7. The van der Waals surface area contributed by atoms with E-state index in [9.17, 15) is 4.79 Å². The molecule has 0 heterocycles. The topological polar surface area (TPSA) is 20.3 Å². The van der Waals surface area contributed by atoms with Crippen molar-refractivity contribution in [1.82, 2.24) is 4.90 Å². The van der Waals surface area contributed by atoms with Crippen molar-refractivity contribution in [3.63, 3.8) is 0 Å². The average molecular weight is 275 g/mol. The summed E-state index contributed by atoms with van der Waals surface area (Å²) in [5, 5.41) is 0. The summed E-state index contributed by atoms with van der Waals surface area (Å²) in [7, 11) is 0. The van der Waals surface area contributed by atoms with Gasteiger partial charge in [-0.1, -0.05) is 64.4 Å². The van der Waals surface area contributed by atoms with Crippen molar-refractivity contribution in [2.45, 2.75) is 53.5 Å². The van der Waals surface area contributed by atoms with Crippen LogP contribution in [0.2, 0.25) is 0 Å². The summed E-state index contributed by atoms with van der Waals surface area (Å²) in [5.74, 6) is 0.920. The Bertz CT molecular complexity index is 401. The minimum absolute atomic E-state index is 0.102. The molecule has 0 saturated heterocycles. The highest BCUT2D eigenvalue weighted by Crippen LogP contribution is 2.24. The number of hydrogen-bond acceptors (Lipinski definition) is 1. The molecule has 1 aromatic rings. The highest BCUT2D eigenvalue weighted by molar-refractivity contribution is 5.79. The standard InChI is InChI=1S/C18H29NO/c1-6-14(3)13-19(18(20)15(4)7-2)16(5)17-11-9-8-10-12-17/h8-12,14-16H,6-7,13H2,1-5H3/t14-,15-,16+/m0/s1. The van der Waals surface area contributed by atoms with Gasteiger partial charge in [0.25, 0.3) is 0 Å². The summed E-state index contributed by atoms with van der Waals surface area (Å²) in [6.07, 6.45) is 2.00. The SMILES string of the molecule is CC[C@H](C)CN(C(=O)[C@@H](C)CC)[C@H](C)c1ccccc1. The van der Waals surface area contributed by atoms with Crippen LogP contribution in [0, 0.1) is 11.8 Å². The summed E-state index contributed by atoms with van der Waals surface area (Å²) in [5.41, 5.74) is 1.22. The summed E-state index contributed by atoms with van der Waals surface area (Å²) in [4.78, 5) is 14.7. The van der Waals surface area contributed by atoms with Crippen LogP contribution < -0.4 is 0 Å². The third-order valence-electron chi connectivity index (χ3n) is 4.27. The lowest BCUT2D eigenvalue weighted by molar-refractivity contribution is -0.138. The number of benzene rings is 1. The van der Waals surface area contributed by atoms with Gasteiger partial charge in [-0.05, 0) is 24.8 Å². The Labute approximate surface area is 124 Å². The van der Waals surface area contributed by atoms with Gasteiger partial charge in [0.2, 0.25) is 5.91 Å². The Balaban J connectivity index is 2.94. The molecule has 112 valence electrons. The van der Waals surface area contributed by atoms with Gasteiger partial charge in [0.15, 0.2) is 0 Å². The lowest BCUT2D eigenvalue weighted by atomic mass is 10.00. The monoisotopic (exact) mass is 275 g/mol. The van der Waals surface area contributed by atoms with Crippen molar-refractivity contribution in [3.05, 3.63) is 35.9 Å². The van der Waals surface area contributed by atoms with Gasteiger partial charge in [0, 0.05) is 12.5 Å². The highest BCUT2D eigenvalue weighted by Gasteiger charge is 2.25. The molecule has 0 radical (unpaired) electrons. The maximum atomic E-state index is 12.7. The molecule has 0 bridgehead atoms. The van der Waals surface area contributed by atoms with E-state index in [1.807, 2.05) is 25.1 Å². The molecule has 0 fully saturated rings. The lowest BCUT2D eigenvalue weighted by Gasteiger charge is -2.33. The molecule has 0 aromatic heterocycles. The zero-order chi connectivity index (χ0) is 15.1. The predicted molar refractivity (Wildman–Crippen MR) is 85.5 cm³/mol. The van der Waals surface area contributed by atoms with Crippen molar-refractivity contribution in [1.29, 1.82) is 0 Å². The number of amides is 1. The second kappa shape index (κ2) is 8.08. The van der Waals surface area contributed by atoms with Gasteiger partial charge < -0.3 is 4.90 Å². The Morgan fingerprint density at radius 2 is 1.65 bits per heavy atom. The molecule has 2 heteroatoms. The zero-order valence-electron chi connectivity index (χ0n) is 13.6. The van der Waals surface area contributed by atoms with E-state index in [1.54, 1.807) is 0 Å². The quantitative estimate of drug-likeness (QED) is 0.708. The normalized spacial score (nSPS) is 15.4. The van der Waals surface area contributed by atoms with Gasteiger partial charge in [-0.15, -0.1) is 0 Å². The van der Waals surface area contributed by atoms with E-state index < -0.39 is 0 Å². The van der Waals surface area contributed by atoms with E-state index in [2.05, 4.69) is 44.7 Å². The third-order valence-corrected chi connectivity index (χ3v) is 4.27. The van der Waals surface area contributed by atoms with Crippen LogP contribution in [0.15, 0.2) is 30.3 Å². The molecule has 0 spiro atoms. The highest BCUT2D eigenvalue weighted by atomic mass is 16.2. The first kappa shape index (κ1) is 16.7. The molecule has 0 saturated carbocycles. The van der Waals surface area contributed by atoms with E-state index in [1.165, 1.54) is 5.56 Å². The van der Waals surface area contributed by atoms with Crippen LogP contribution in [-0.2, 0) is 4.79 Å². The van der Waals surface area contributed by atoms with Crippen molar-refractivity contribution < 1.29 is 4.79 Å². The fraction of sp³-hybridized carbons (Fsp3) is 0.611. The van der Waals surface area contributed by atoms with Crippen molar-refractivity contribution in [3.8, 4) is 0 Å². The molecular weight excluding hydrogens is 246 g/mol. The van der Waals surface area contributed by atoms with Gasteiger partial charge in [-0.2, -0.15) is 0 Å². The molecule has 0 unspecified atom stereocenters. The molecule has 2 nitrogen and oxygen atoms in total. The minimum atomic E-state index is 0.102. The van der Waals surface area contributed by atoms with Gasteiger partial charge in [0.05, 0.1) is 6.04 Å². The van der Waals surface area contributed by atoms with Gasteiger partial charge >= 0.3 is 0 Å². The van der Waals surface area contributed by atoms with E-state index in [4.69, 9.17) is 0 Å². The van der Waals surface area contributed by atoms with Crippen molar-refractivity contribution in [2.75, 3.05) is 6.54 Å². The predicted octanol–water partition coefficient (Wildman–Crippen LogP) is 4.67. The zero-order valence-corrected chi connectivity index (χ0v) is 13.6. The molecule has 1 amide bonds. The molecule has 20 heavy (non-hydrogen) atoms. The number of carbonyl (C=O) groups is 1. The number of rotatable bonds is 7. The first-order valence-electron chi connectivity index (χ1n) is 7.86. The number of nitrogens with zero attached hydrogens (tertiary/aromatic N) is 1. The fourth-order valence-corrected chi connectivity index (χ4v) is 2.27. The molecule has 3 atom stereocenters. The van der Waals surface area contributed by atoms with Crippen LogP contribution >= 0.6 is 0 Å². The summed E-state index contributed by atoms with van der Waals surface area (Å²) in [6.45, 7) is 11.5. The Hall–Kier alpha value is -1.31. The first-order chi connectivity index (χ1) is 9.51. The molecule has 0 aliphatic rings. The molecule has 0 aliphatic heterocycles.